The fourth-order valence-electron chi connectivity index (χ4n) is 3.07. The van der Waals surface area contributed by atoms with Gasteiger partial charge in [0.15, 0.2) is 0 Å². The number of hydrogen-bond acceptors (Lipinski definition) is 3. The van der Waals surface area contributed by atoms with Crippen molar-refractivity contribution in [1.82, 2.24) is 5.32 Å². The van der Waals surface area contributed by atoms with E-state index < -0.39 is 0 Å². The van der Waals surface area contributed by atoms with Gasteiger partial charge in [-0.25, -0.2) is 5.21 Å². The average Bonchev–Trinajstić information content (AvgIpc) is 3.12. The molecule has 2 unspecified atom stereocenters. The number of nitrogens with one attached hydrogen (secondary N) is 1. The second-order valence-electron chi connectivity index (χ2n) is 6.99. The van der Waals surface area contributed by atoms with Crippen molar-refractivity contribution in [3.05, 3.63) is 75.7 Å². The van der Waals surface area contributed by atoms with Gasteiger partial charge in [-0.05, 0) is 47.2 Å². The lowest BCUT2D eigenvalue weighted by atomic mass is 10.0. The van der Waals surface area contributed by atoms with Crippen molar-refractivity contribution in [2.45, 2.75) is 39.0 Å². The molecule has 1 aliphatic heterocycles. The van der Waals surface area contributed by atoms with E-state index in [9.17, 15) is 4.91 Å². The molecule has 1 saturated heterocycles. The summed E-state index contributed by atoms with van der Waals surface area (Å²) >= 11 is 0. The summed E-state index contributed by atoms with van der Waals surface area (Å²) in [7, 11) is 0. The smallest absolute Gasteiger partial charge is 0.316 e. The standard InChI is InChI=1S/C21H25N2O3/c1-14(2)17-6-4-16(5-7-17)12-15(3)21-22-13-20(26-21)18-8-10-19(11-9-18)23(24)25/h4-12,14,20-22H,13H2,1-3H3,(H,24,25)/q+1/b15-12+. The van der Waals surface area contributed by atoms with Crippen molar-refractivity contribution in [3.63, 3.8) is 0 Å². The van der Waals surface area contributed by atoms with E-state index in [-0.39, 0.29) is 22.9 Å². The van der Waals surface area contributed by atoms with Crippen LogP contribution in [0.25, 0.3) is 6.08 Å². The molecule has 0 aliphatic carbocycles. The van der Waals surface area contributed by atoms with Crippen molar-refractivity contribution in [3.8, 4) is 0 Å². The molecule has 2 N–H and O–H groups in total. The molecule has 1 heterocycles. The van der Waals surface area contributed by atoms with Gasteiger partial charge < -0.3 is 4.74 Å². The van der Waals surface area contributed by atoms with Crippen molar-refractivity contribution >= 4 is 11.8 Å². The zero-order valence-electron chi connectivity index (χ0n) is 15.3. The highest BCUT2D eigenvalue weighted by atomic mass is 16.6. The topological polar surface area (TPSA) is 61.6 Å². The van der Waals surface area contributed by atoms with E-state index >= 15 is 0 Å². The van der Waals surface area contributed by atoms with E-state index in [1.807, 2.05) is 0 Å². The summed E-state index contributed by atoms with van der Waals surface area (Å²) in [6.45, 7) is 7.13. The van der Waals surface area contributed by atoms with Crippen molar-refractivity contribution in [2.75, 3.05) is 6.54 Å². The molecule has 0 saturated carbocycles. The zero-order chi connectivity index (χ0) is 18.7. The Bertz CT molecular complexity index is 795. The van der Waals surface area contributed by atoms with Crippen LogP contribution in [0.1, 0.15) is 49.5 Å². The predicted octanol–water partition coefficient (Wildman–Crippen LogP) is 4.70. The summed E-state index contributed by atoms with van der Waals surface area (Å²) in [6.07, 6.45) is 1.91. The molecule has 136 valence electrons. The van der Waals surface area contributed by atoms with Crippen molar-refractivity contribution < 1.29 is 14.9 Å². The summed E-state index contributed by atoms with van der Waals surface area (Å²) in [5.74, 6) is 0.528. The van der Waals surface area contributed by atoms with Crippen LogP contribution in [-0.2, 0) is 4.74 Å². The van der Waals surface area contributed by atoms with Crippen LogP contribution in [0.5, 0.6) is 0 Å². The van der Waals surface area contributed by atoms with E-state index in [4.69, 9.17) is 9.94 Å². The number of rotatable bonds is 5. The lowest BCUT2D eigenvalue weighted by Gasteiger charge is -2.14. The van der Waals surface area contributed by atoms with Crippen LogP contribution in [0, 0.1) is 4.91 Å². The van der Waals surface area contributed by atoms with Crippen LogP contribution in [-0.4, -0.2) is 22.9 Å². The number of hydrogen-bond donors (Lipinski definition) is 2. The molecule has 0 radical (unpaired) electrons. The average molecular weight is 353 g/mol. The van der Waals surface area contributed by atoms with Gasteiger partial charge in [0.1, 0.15) is 6.23 Å². The Morgan fingerprint density at radius 1 is 1.19 bits per heavy atom. The molecule has 0 aromatic heterocycles. The summed E-state index contributed by atoms with van der Waals surface area (Å²) < 4.78 is 6.11. The largest absolute Gasteiger partial charge is 0.350 e. The Morgan fingerprint density at radius 3 is 2.42 bits per heavy atom. The number of nitrogens with zero attached hydrogens (tertiary/aromatic N) is 1. The fourth-order valence-corrected chi connectivity index (χ4v) is 3.07. The molecular weight excluding hydrogens is 328 g/mol. The second-order valence-corrected chi connectivity index (χ2v) is 6.99. The van der Waals surface area contributed by atoms with Gasteiger partial charge in [-0.3, -0.25) is 5.32 Å². The second kappa shape index (κ2) is 7.81. The Morgan fingerprint density at radius 2 is 1.85 bits per heavy atom. The van der Waals surface area contributed by atoms with Crippen molar-refractivity contribution in [1.29, 1.82) is 0 Å². The van der Waals surface area contributed by atoms with E-state index in [0.29, 0.717) is 12.5 Å². The SMILES string of the molecule is C/C(=C\c1ccc(C(C)C)cc1)C1NCC(c2ccc([N+](=O)O)cc2)O1. The summed E-state index contributed by atoms with van der Waals surface area (Å²) in [5, 5.41) is 12.3. The molecule has 2 aromatic carbocycles. The van der Waals surface area contributed by atoms with Crippen LogP contribution < -0.4 is 5.32 Å². The minimum atomic E-state index is -0.141. The molecule has 2 aromatic rings. The number of benzene rings is 2. The molecule has 5 heteroatoms. The van der Waals surface area contributed by atoms with Crippen LogP contribution in [0.2, 0.25) is 0 Å². The van der Waals surface area contributed by atoms with Crippen LogP contribution in [0.4, 0.5) is 5.69 Å². The highest BCUT2D eigenvalue weighted by Crippen LogP contribution is 2.27. The summed E-state index contributed by atoms with van der Waals surface area (Å²) in [6, 6.07) is 15.4. The minimum absolute atomic E-state index is 0.0838. The lowest BCUT2D eigenvalue weighted by molar-refractivity contribution is -0.729. The maximum Gasteiger partial charge on any atom is 0.316 e. The maximum atomic E-state index is 10.9. The highest BCUT2D eigenvalue weighted by molar-refractivity contribution is 5.54. The third-order valence-electron chi connectivity index (χ3n) is 4.69. The molecule has 0 spiro atoms. The van der Waals surface area contributed by atoms with Crippen molar-refractivity contribution in [2.24, 2.45) is 0 Å². The molecule has 5 nitrogen and oxygen atoms in total. The third-order valence-corrected chi connectivity index (χ3v) is 4.69. The molecule has 1 fully saturated rings. The van der Waals surface area contributed by atoms with E-state index in [1.165, 1.54) is 5.56 Å². The monoisotopic (exact) mass is 353 g/mol. The lowest BCUT2D eigenvalue weighted by Crippen LogP contribution is -2.23. The van der Waals surface area contributed by atoms with Gasteiger partial charge in [-0.2, -0.15) is 0 Å². The van der Waals surface area contributed by atoms with Crippen LogP contribution in [0.15, 0.2) is 54.1 Å². The van der Waals surface area contributed by atoms with Gasteiger partial charge in [0.25, 0.3) is 4.92 Å². The van der Waals surface area contributed by atoms with Gasteiger partial charge in [0.05, 0.1) is 11.0 Å². The Labute approximate surface area is 153 Å². The first-order chi connectivity index (χ1) is 12.4. The van der Waals surface area contributed by atoms with Gasteiger partial charge in [-0.1, -0.05) is 44.2 Å². The first-order valence-corrected chi connectivity index (χ1v) is 8.87. The van der Waals surface area contributed by atoms with E-state index in [0.717, 1.165) is 16.7 Å². The summed E-state index contributed by atoms with van der Waals surface area (Å²) in [4.78, 5) is 10.7. The molecular formula is C21H25N2O3+. The Kier molecular flexibility index (Phi) is 5.49. The molecule has 1 aliphatic rings. The Hall–Kier alpha value is -2.50. The molecule has 2 atom stereocenters. The predicted molar refractivity (Wildman–Crippen MR) is 101 cm³/mol. The Balaban J connectivity index is 1.66. The summed E-state index contributed by atoms with van der Waals surface area (Å²) in [5.41, 5.74) is 4.78. The normalized spacial score (nSPS) is 20.5. The maximum absolute atomic E-state index is 10.9. The first-order valence-electron chi connectivity index (χ1n) is 8.87. The van der Waals surface area contributed by atoms with Crippen LogP contribution in [0.3, 0.4) is 0 Å². The quantitative estimate of drug-likeness (QED) is 0.765. The van der Waals surface area contributed by atoms with E-state index in [2.05, 4.69) is 56.4 Å². The molecule has 26 heavy (non-hydrogen) atoms. The molecule has 3 rings (SSSR count). The third kappa shape index (κ3) is 4.18. The van der Waals surface area contributed by atoms with Gasteiger partial charge in [0.2, 0.25) is 0 Å². The van der Waals surface area contributed by atoms with E-state index in [1.54, 1.807) is 24.3 Å². The molecule has 0 bridgehead atoms. The van der Waals surface area contributed by atoms with Gasteiger partial charge >= 0.3 is 5.69 Å². The van der Waals surface area contributed by atoms with Crippen LogP contribution >= 0.6 is 0 Å². The first kappa shape index (κ1) is 18.3. The molecule has 0 amide bonds. The van der Waals surface area contributed by atoms with Gasteiger partial charge in [-0.15, -0.1) is 0 Å². The minimum Gasteiger partial charge on any atom is -0.350 e. The van der Waals surface area contributed by atoms with Gasteiger partial charge in [0, 0.05) is 18.7 Å². The zero-order valence-corrected chi connectivity index (χ0v) is 15.3. The fraction of sp³-hybridized carbons (Fsp3) is 0.333. The number of ether oxygens (including phenoxy) is 1. The highest BCUT2D eigenvalue weighted by Gasteiger charge is 2.27.